The highest BCUT2D eigenvalue weighted by Crippen LogP contribution is 2.51. The highest BCUT2D eigenvalue weighted by Gasteiger charge is 2.36. The van der Waals surface area contributed by atoms with Gasteiger partial charge in [-0.25, -0.2) is 8.78 Å². The number of rotatable bonds is 0. The third kappa shape index (κ3) is 1.73. The van der Waals surface area contributed by atoms with E-state index in [-0.39, 0.29) is 11.6 Å². The van der Waals surface area contributed by atoms with Crippen LogP contribution in [0.25, 0.3) is 32.8 Å². The average Bonchev–Trinajstić information content (AvgIpc) is 2.61. The lowest BCUT2D eigenvalue weighted by Gasteiger charge is -2.35. The highest BCUT2D eigenvalue weighted by molar-refractivity contribution is 6.11. The number of fused-ring (bicyclic) bond motifs is 4. The Kier molecular flexibility index (Phi) is 2.69. The van der Waals surface area contributed by atoms with Gasteiger partial charge in [-0.3, -0.25) is 4.98 Å². The molecular weight excluding hydrogens is 316 g/mol. The van der Waals surface area contributed by atoms with Gasteiger partial charge < -0.3 is 0 Å². The molecule has 0 aliphatic heterocycles. The summed E-state index contributed by atoms with van der Waals surface area (Å²) in [5, 5.41) is 2.86. The molecule has 3 heteroatoms. The predicted octanol–water partition coefficient (Wildman–Crippen LogP) is 5.97. The van der Waals surface area contributed by atoms with Crippen LogP contribution in [0.3, 0.4) is 0 Å². The van der Waals surface area contributed by atoms with Crippen molar-refractivity contribution in [1.82, 2.24) is 4.98 Å². The molecule has 1 nitrogen and oxygen atoms in total. The van der Waals surface area contributed by atoms with Crippen molar-refractivity contribution in [3.63, 3.8) is 0 Å². The molecule has 1 aliphatic carbocycles. The fourth-order valence-corrected chi connectivity index (χ4v) is 4.30. The lowest BCUT2D eigenvalue weighted by Crippen LogP contribution is -2.25. The number of halogens is 2. The van der Waals surface area contributed by atoms with E-state index in [4.69, 9.17) is 0 Å². The second-order valence-corrected chi connectivity index (χ2v) is 7.13. The maximum absolute atomic E-state index is 15.2. The third-order valence-electron chi connectivity index (χ3n) is 5.41. The molecule has 0 saturated heterocycles. The molecular formula is C22H15F2N. The quantitative estimate of drug-likeness (QED) is 0.362. The molecule has 122 valence electrons. The van der Waals surface area contributed by atoms with Crippen molar-refractivity contribution >= 4 is 21.5 Å². The first-order valence-electron chi connectivity index (χ1n) is 8.30. The largest absolute Gasteiger partial charge is 0.256 e. The summed E-state index contributed by atoms with van der Waals surface area (Å²) in [5.74, 6) is -0.492. The zero-order valence-corrected chi connectivity index (χ0v) is 13.9. The van der Waals surface area contributed by atoms with Crippen LogP contribution >= 0.6 is 0 Å². The third-order valence-corrected chi connectivity index (χ3v) is 5.41. The van der Waals surface area contributed by atoms with Crippen molar-refractivity contribution in [2.24, 2.45) is 0 Å². The average molecular weight is 331 g/mol. The van der Waals surface area contributed by atoms with Crippen molar-refractivity contribution in [3.8, 4) is 11.3 Å². The van der Waals surface area contributed by atoms with Crippen LogP contribution in [0.4, 0.5) is 8.78 Å². The van der Waals surface area contributed by atoms with Gasteiger partial charge in [-0.15, -0.1) is 0 Å². The van der Waals surface area contributed by atoms with Gasteiger partial charge in [0.05, 0.1) is 5.69 Å². The van der Waals surface area contributed by atoms with E-state index in [0.717, 1.165) is 33.2 Å². The van der Waals surface area contributed by atoms with E-state index in [1.54, 1.807) is 30.5 Å². The Labute approximate surface area is 143 Å². The minimum absolute atomic E-state index is 0.223. The Morgan fingerprint density at radius 1 is 0.880 bits per heavy atom. The molecule has 3 aromatic carbocycles. The van der Waals surface area contributed by atoms with Crippen molar-refractivity contribution in [1.29, 1.82) is 0 Å². The normalized spacial score (nSPS) is 14.7. The summed E-state index contributed by atoms with van der Waals surface area (Å²) in [6, 6.07) is 14.0. The monoisotopic (exact) mass is 331 g/mol. The van der Waals surface area contributed by atoms with E-state index in [1.165, 1.54) is 6.07 Å². The lowest BCUT2D eigenvalue weighted by atomic mass is 9.68. The summed E-state index contributed by atoms with van der Waals surface area (Å²) in [4.78, 5) is 4.53. The van der Waals surface area contributed by atoms with Gasteiger partial charge in [0.2, 0.25) is 0 Å². The van der Waals surface area contributed by atoms with Gasteiger partial charge in [0.1, 0.15) is 11.6 Å². The molecule has 0 spiro atoms. The summed E-state index contributed by atoms with van der Waals surface area (Å²) in [7, 11) is 0. The first-order chi connectivity index (χ1) is 12.0. The van der Waals surface area contributed by atoms with Gasteiger partial charge >= 0.3 is 0 Å². The van der Waals surface area contributed by atoms with Gasteiger partial charge in [-0.1, -0.05) is 38.1 Å². The molecule has 1 aliphatic rings. The molecule has 0 atom stereocenters. The van der Waals surface area contributed by atoms with Gasteiger partial charge in [0.15, 0.2) is 0 Å². The summed E-state index contributed by atoms with van der Waals surface area (Å²) in [6.07, 6.45) is 1.63. The van der Waals surface area contributed by atoms with Crippen LogP contribution in [0.1, 0.15) is 25.0 Å². The number of hydrogen-bond donors (Lipinski definition) is 0. The summed E-state index contributed by atoms with van der Waals surface area (Å²) in [6.45, 7) is 4.14. The van der Waals surface area contributed by atoms with Gasteiger partial charge in [0.25, 0.3) is 0 Å². The standard InChI is InChI=1S/C22H15F2N/c1-22(2)17-11-12(23)7-8-15(17)21-18-16(9-10-25-21)20(24)14-6-4-3-5-13(14)19(18)22/h3-11H,1-2H3. The molecule has 25 heavy (non-hydrogen) atoms. The van der Waals surface area contributed by atoms with Gasteiger partial charge in [-0.2, -0.15) is 0 Å². The maximum atomic E-state index is 15.2. The molecule has 5 rings (SSSR count). The van der Waals surface area contributed by atoms with Crippen molar-refractivity contribution in [3.05, 3.63) is 77.5 Å². The molecule has 0 saturated carbocycles. The predicted molar refractivity (Wildman–Crippen MR) is 96.7 cm³/mol. The molecule has 0 unspecified atom stereocenters. The number of nitrogens with zero attached hydrogens (tertiary/aromatic N) is 1. The Bertz CT molecular complexity index is 1190. The second-order valence-electron chi connectivity index (χ2n) is 7.13. The molecule has 0 fully saturated rings. The van der Waals surface area contributed by atoms with Crippen molar-refractivity contribution < 1.29 is 8.78 Å². The Balaban J connectivity index is 2.13. The van der Waals surface area contributed by atoms with E-state index in [9.17, 15) is 4.39 Å². The molecule has 0 bridgehead atoms. The highest BCUT2D eigenvalue weighted by atomic mass is 19.1. The van der Waals surface area contributed by atoms with Crippen LogP contribution in [0.2, 0.25) is 0 Å². The topological polar surface area (TPSA) is 12.9 Å². The first kappa shape index (κ1) is 14.5. The summed E-state index contributed by atoms with van der Waals surface area (Å²) in [5.41, 5.74) is 3.04. The zero-order valence-electron chi connectivity index (χ0n) is 13.9. The fraction of sp³-hybridized carbons (Fsp3) is 0.136. The van der Waals surface area contributed by atoms with Crippen LogP contribution in [0.5, 0.6) is 0 Å². The molecule has 4 aromatic rings. The van der Waals surface area contributed by atoms with Crippen LogP contribution < -0.4 is 0 Å². The molecule has 0 radical (unpaired) electrons. The summed E-state index contributed by atoms with van der Waals surface area (Å²) < 4.78 is 29.2. The van der Waals surface area contributed by atoms with Crippen LogP contribution in [-0.4, -0.2) is 4.98 Å². The molecule has 1 heterocycles. The van der Waals surface area contributed by atoms with Crippen LogP contribution in [0, 0.1) is 11.6 Å². The van der Waals surface area contributed by atoms with E-state index < -0.39 is 5.41 Å². The Hall–Kier alpha value is -2.81. The van der Waals surface area contributed by atoms with Crippen LogP contribution in [0.15, 0.2) is 54.7 Å². The minimum atomic E-state index is -0.459. The fourth-order valence-electron chi connectivity index (χ4n) is 4.30. The zero-order chi connectivity index (χ0) is 17.3. The van der Waals surface area contributed by atoms with Crippen molar-refractivity contribution in [2.75, 3.05) is 0 Å². The van der Waals surface area contributed by atoms with E-state index in [2.05, 4.69) is 18.8 Å². The molecule has 1 aromatic heterocycles. The Morgan fingerprint density at radius 3 is 2.44 bits per heavy atom. The number of benzene rings is 3. The smallest absolute Gasteiger partial charge is 0.138 e. The first-order valence-corrected chi connectivity index (χ1v) is 8.30. The van der Waals surface area contributed by atoms with Gasteiger partial charge in [0, 0.05) is 33.3 Å². The Morgan fingerprint density at radius 2 is 1.64 bits per heavy atom. The second kappa shape index (κ2) is 4.63. The van der Waals surface area contributed by atoms with E-state index in [0.29, 0.717) is 10.8 Å². The van der Waals surface area contributed by atoms with E-state index >= 15 is 4.39 Å². The molecule has 0 amide bonds. The number of aromatic nitrogens is 1. The van der Waals surface area contributed by atoms with Gasteiger partial charge in [-0.05, 0) is 40.8 Å². The number of pyridine rings is 1. The summed E-state index contributed by atoms with van der Waals surface area (Å²) >= 11 is 0. The maximum Gasteiger partial charge on any atom is 0.138 e. The van der Waals surface area contributed by atoms with Crippen LogP contribution in [-0.2, 0) is 5.41 Å². The van der Waals surface area contributed by atoms with E-state index in [1.807, 2.05) is 18.2 Å². The lowest BCUT2D eigenvalue weighted by molar-refractivity contribution is 0.603. The SMILES string of the molecule is CC1(C)c2cc(F)ccc2-c2nccc3c(F)c4ccccc4c1c23. The minimum Gasteiger partial charge on any atom is -0.256 e. The molecule has 0 N–H and O–H groups in total. The van der Waals surface area contributed by atoms with Crippen molar-refractivity contribution in [2.45, 2.75) is 19.3 Å². The number of hydrogen-bond acceptors (Lipinski definition) is 1.